The zero-order valence-corrected chi connectivity index (χ0v) is 13.0. The van der Waals surface area contributed by atoms with Crippen LogP contribution in [0.25, 0.3) is 0 Å². The number of rotatable bonds is 2. The topological polar surface area (TPSA) is 49.0 Å². The molecule has 24 heavy (non-hydrogen) atoms. The van der Waals surface area contributed by atoms with E-state index in [1.807, 2.05) is 4.90 Å². The van der Waals surface area contributed by atoms with Crippen molar-refractivity contribution in [2.45, 2.75) is 25.7 Å². The predicted molar refractivity (Wildman–Crippen MR) is 79.1 cm³/mol. The molecule has 1 aromatic heterocycles. The van der Waals surface area contributed by atoms with E-state index in [9.17, 15) is 22.4 Å². The number of halogens is 5. The van der Waals surface area contributed by atoms with Crippen LogP contribution in [0.15, 0.2) is 23.0 Å². The first-order valence-corrected chi connectivity index (χ1v) is 7.47. The Morgan fingerprint density at radius 1 is 1.33 bits per heavy atom. The van der Waals surface area contributed by atoms with E-state index < -0.39 is 23.4 Å². The highest BCUT2D eigenvalue weighted by Crippen LogP contribution is 2.27. The fraction of sp³-hybridized carbons (Fsp3) is 0.333. The Balaban J connectivity index is 1.83. The highest BCUT2D eigenvalue weighted by Gasteiger charge is 2.35. The van der Waals surface area contributed by atoms with Crippen molar-refractivity contribution in [2.75, 3.05) is 6.54 Å². The van der Waals surface area contributed by atoms with Crippen molar-refractivity contribution in [3.05, 3.63) is 62.0 Å². The Hall–Kier alpha value is -1.93. The number of alkyl halides is 3. The van der Waals surface area contributed by atoms with E-state index in [1.54, 1.807) is 11.1 Å². The lowest BCUT2D eigenvalue weighted by Crippen LogP contribution is -2.36. The van der Waals surface area contributed by atoms with Crippen LogP contribution in [-0.4, -0.2) is 21.4 Å². The molecule has 2 aromatic rings. The van der Waals surface area contributed by atoms with Crippen LogP contribution in [0, 0.1) is 5.82 Å². The second kappa shape index (κ2) is 6.18. The van der Waals surface area contributed by atoms with Gasteiger partial charge in [-0.1, -0.05) is 17.7 Å². The molecule has 1 N–H and O–H groups in total. The summed E-state index contributed by atoms with van der Waals surface area (Å²) >= 11 is 5.98. The maximum Gasteiger partial charge on any atom is 0.449 e. The molecular formula is C15H12ClF4N3O. The van der Waals surface area contributed by atoms with Crippen molar-refractivity contribution in [1.82, 2.24) is 14.9 Å². The Labute approximate surface area is 139 Å². The fourth-order valence-electron chi connectivity index (χ4n) is 2.64. The van der Waals surface area contributed by atoms with Crippen LogP contribution in [0.2, 0.25) is 5.02 Å². The molecule has 128 valence electrons. The van der Waals surface area contributed by atoms with E-state index in [2.05, 4.69) is 4.98 Å². The molecule has 3 rings (SSSR count). The Kier molecular flexibility index (Phi) is 4.35. The molecule has 0 fully saturated rings. The predicted octanol–water partition coefficient (Wildman–Crippen LogP) is 3.14. The highest BCUT2D eigenvalue weighted by molar-refractivity contribution is 6.31. The first kappa shape index (κ1) is 16.9. The normalized spacial score (nSPS) is 15.4. The molecule has 0 bridgehead atoms. The number of nitrogens with one attached hydrogen (secondary N) is 1. The maximum atomic E-state index is 13.1. The zero-order valence-electron chi connectivity index (χ0n) is 12.3. The monoisotopic (exact) mass is 361 g/mol. The molecular weight excluding hydrogens is 350 g/mol. The molecule has 0 saturated carbocycles. The van der Waals surface area contributed by atoms with Gasteiger partial charge in [0.15, 0.2) is 0 Å². The van der Waals surface area contributed by atoms with Crippen LogP contribution in [0.5, 0.6) is 0 Å². The minimum absolute atomic E-state index is 0.156. The van der Waals surface area contributed by atoms with Crippen molar-refractivity contribution < 1.29 is 17.6 Å². The summed E-state index contributed by atoms with van der Waals surface area (Å²) in [5, 5.41) is 0.264. The molecule has 0 aliphatic carbocycles. The lowest BCUT2D eigenvalue weighted by atomic mass is 10.1. The largest absolute Gasteiger partial charge is 0.449 e. The molecule has 0 amide bonds. The molecule has 4 nitrogen and oxygen atoms in total. The Morgan fingerprint density at radius 2 is 2.08 bits per heavy atom. The van der Waals surface area contributed by atoms with Gasteiger partial charge in [0, 0.05) is 31.1 Å². The molecule has 1 aromatic carbocycles. The van der Waals surface area contributed by atoms with E-state index in [4.69, 9.17) is 11.6 Å². The molecule has 0 radical (unpaired) electrons. The lowest BCUT2D eigenvalue weighted by Gasteiger charge is -2.28. The number of fused-ring (bicyclic) bond motifs is 1. The molecule has 9 heteroatoms. The van der Waals surface area contributed by atoms with Crippen molar-refractivity contribution in [2.24, 2.45) is 0 Å². The van der Waals surface area contributed by atoms with E-state index in [1.165, 1.54) is 12.1 Å². The number of aromatic amines is 1. The molecule has 1 aliphatic heterocycles. The number of hydrogen-bond acceptors (Lipinski definition) is 3. The van der Waals surface area contributed by atoms with Gasteiger partial charge >= 0.3 is 6.18 Å². The van der Waals surface area contributed by atoms with E-state index >= 15 is 0 Å². The van der Waals surface area contributed by atoms with Crippen LogP contribution < -0.4 is 5.56 Å². The average Bonchev–Trinajstić information content (AvgIpc) is 2.49. The minimum Gasteiger partial charge on any atom is -0.303 e. The molecule has 2 heterocycles. The van der Waals surface area contributed by atoms with Crippen molar-refractivity contribution in [1.29, 1.82) is 0 Å². The van der Waals surface area contributed by atoms with Crippen LogP contribution in [0.3, 0.4) is 0 Å². The third kappa shape index (κ3) is 3.44. The molecule has 0 spiro atoms. The Morgan fingerprint density at radius 3 is 2.75 bits per heavy atom. The molecule has 0 saturated heterocycles. The number of benzene rings is 1. The first-order chi connectivity index (χ1) is 11.2. The fourth-order valence-corrected chi connectivity index (χ4v) is 2.87. The van der Waals surface area contributed by atoms with Gasteiger partial charge in [0.05, 0.1) is 11.3 Å². The average molecular weight is 362 g/mol. The summed E-state index contributed by atoms with van der Waals surface area (Å²) in [5.41, 5.74) is 0.264. The van der Waals surface area contributed by atoms with Gasteiger partial charge in [0.2, 0.25) is 5.82 Å². The second-order valence-corrected chi connectivity index (χ2v) is 5.94. The van der Waals surface area contributed by atoms with Gasteiger partial charge in [0.25, 0.3) is 5.56 Å². The molecule has 0 unspecified atom stereocenters. The molecule has 0 atom stereocenters. The van der Waals surface area contributed by atoms with Crippen molar-refractivity contribution in [3.63, 3.8) is 0 Å². The van der Waals surface area contributed by atoms with Crippen molar-refractivity contribution >= 4 is 11.6 Å². The standard InChI is InChI=1S/C15H12ClF4N3O/c16-11-5-9(17)2-1-8(11)6-23-4-3-12-10(7-23)13(24)22-14(21-12)15(18,19)20/h1-2,5H,3-4,6-7H2,(H,21,22,24). The third-order valence-electron chi connectivity index (χ3n) is 3.83. The third-order valence-corrected chi connectivity index (χ3v) is 4.18. The van der Waals surface area contributed by atoms with E-state index in [-0.39, 0.29) is 29.2 Å². The summed E-state index contributed by atoms with van der Waals surface area (Å²) in [6.07, 6.45) is -4.46. The van der Waals surface area contributed by atoms with Gasteiger partial charge in [0.1, 0.15) is 5.82 Å². The molecule has 1 aliphatic rings. The lowest BCUT2D eigenvalue weighted by molar-refractivity contribution is -0.145. The van der Waals surface area contributed by atoms with Crippen LogP contribution in [0.4, 0.5) is 17.6 Å². The highest BCUT2D eigenvalue weighted by atomic mass is 35.5. The summed E-state index contributed by atoms with van der Waals surface area (Å²) in [6.45, 7) is 0.941. The quantitative estimate of drug-likeness (QED) is 0.836. The van der Waals surface area contributed by atoms with Gasteiger partial charge in [-0.25, -0.2) is 9.37 Å². The smallest absolute Gasteiger partial charge is 0.303 e. The van der Waals surface area contributed by atoms with Gasteiger partial charge in [-0.2, -0.15) is 13.2 Å². The first-order valence-electron chi connectivity index (χ1n) is 7.09. The number of nitrogens with zero attached hydrogens (tertiary/aromatic N) is 2. The summed E-state index contributed by atoms with van der Waals surface area (Å²) in [7, 11) is 0. The summed E-state index contributed by atoms with van der Waals surface area (Å²) in [4.78, 5) is 19.1. The Bertz CT molecular complexity index is 834. The van der Waals surface area contributed by atoms with Gasteiger partial charge < -0.3 is 4.98 Å². The second-order valence-electron chi connectivity index (χ2n) is 5.53. The number of H-pyrrole nitrogens is 1. The van der Waals surface area contributed by atoms with Gasteiger partial charge in [-0.3, -0.25) is 9.69 Å². The maximum absolute atomic E-state index is 13.1. The SMILES string of the molecule is O=c1[nH]c(C(F)(F)F)nc2c1CN(Cc1ccc(F)cc1Cl)CC2. The van der Waals surface area contributed by atoms with Gasteiger partial charge in [-0.05, 0) is 17.7 Å². The van der Waals surface area contributed by atoms with Gasteiger partial charge in [-0.15, -0.1) is 0 Å². The summed E-state index contributed by atoms with van der Waals surface area (Å²) in [5.74, 6) is -1.73. The van der Waals surface area contributed by atoms with E-state index in [0.717, 1.165) is 0 Å². The van der Waals surface area contributed by atoms with E-state index in [0.29, 0.717) is 18.7 Å². The minimum atomic E-state index is -4.69. The van der Waals surface area contributed by atoms with Crippen LogP contribution in [0.1, 0.15) is 22.6 Å². The van der Waals surface area contributed by atoms with Crippen LogP contribution in [-0.2, 0) is 25.7 Å². The number of aromatic nitrogens is 2. The summed E-state index contributed by atoms with van der Waals surface area (Å²) in [6, 6.07) is 4.02. The zero-order chi connectivity index (χ0) is 17.5. The van der Waals surface area contributed by atoms with Crippen LogP contribution >= 0.6 is 11.6 Å². The number of hydrogen-bond donors (Lipinski definition) is 1. The van der Waals surface area contributed by atoms with Crippen molar-refractivity contribution in [3.8, 4) is 0 Å². The summed E-state index contributed by atoms with van der Waals surface area (Å²) < 4.78 is 51.1.